The lowest BCUT2D eigenvalue weighted by Crippen LogP contribution is -2.12. The smallest absolute Gasteiger partial charge is 0.248 e. The fraction of sp³-hybridized carbons (Fsp3) is 0.263. The Hall–Kier alpha value is -2.62. The van der Waals surface area contributed by atoms with Crippen LogP contribution >= 0.6 is 0 Å². The molecule has 0 fully saturated rings. The molecule has 0 aliphatic heterocycles. The van der Waals surface area contributed by atoms with E-state index in [4.69, 9.17) is 11.5 Å². The Labute approximate surface area is 138 Å². The molecule has 0 aliphatic rings. The number of aryl methyl sites for hydroxylation is 1. The maximum atomic E-state index is 11.5. The first-order valence-electron chi connectivity index (χ1n) is 7.59. The molecule has 4 N–H and O–H groups in total. The zero-order valence-corrected chi connectivity index (χ0v) is 14.3. The second-order valence-electron chi connectivity index (χ2n) is 5.30. The van der Waals surface area contributed by atoms with Gasteiger partial charge >= 0.3 is 0 Å². The molecular formula is C19H25N3O. The van der Waals surface area contributed by atoms with Gasteiger partial charge in [0, 0.05) is 23.9 Å². The SMILES string of the molecule is CC/C=C(/C=C\c1c(C)cccc1C(/C=C(\C)N)=NC)C(N)=O. The third kappa shape index (κ3) is 5.25. The first kappa shape index (κ1) is 18.4. The molecule has 1 aromatic rings. The first-order chi connectivity index (χ1) is 10.9. The number of nitrogens with zero attached hydrogens (tertiary/aromatic N) is 1. The van der Waals surface area contributed by atoms with E-state index in [1.54, 1.807) is 13.1 Å². The molecule has 0 aliphatic carbocycles. The van der Waals surface area contributed by atoms with Gasteiger partial charge in [0.15, 0.2) is 0 Å². The predicted octanol–water partition coefficient (Wildman–Crippen LogP) is 3.11. The summed E-state index contributed by atoms with van der Waals surface area (Å²) in [5.41, 5.74) is 16.2. The van der Waals surface area contributed by atoms with Crippen LogP contribution in [0.4, 0.5) is 0 Å². The van der Waals surface area contributed by atoms with Crippen LogP contribution in [0.25, 0.3) is 6.08 Å². The molecule has 0 atom stereocenters. The van der Waals surface area contributed by atoms with E-state index in [1.807, 2.05) is 57.2 Å². The third-order valence-corrected chi connectivity index (χ3v) is 3.34. The van der Waals surface area contributed by atoms with Crippen molar-refractivity contribution in [1.29, 1.82) is 0 Å². The monoisotopic (exact) mass is 311 g/mol. The Morgan fingerprint density at radius 1 is 1.30 bits per heavy atom. The molecule has 0 bridgehead atoms. The summed E-state index contributed by atoms with van der Waals surface area (Å²) in [6.45, 7) is 5.81. The Bertz CT molecular complexity index is 691. The van der Waals surface area contributed by atoms with Gasteiger partial charge in [-0.2, -0.15) is 0 Å². The van der Waals surface area contributed by atoms with Gasteiger partial charge in [-0.15, -0.1) is 0 Å². The number of amides is 1. The third-order valence-electron chi connectivity index (χ3n) is 3.34. The molecule has 1 amide bonds. The van der Waals surface area contributed by atoms with Crippen LogP contribution in [0, 0.1) is 6.92 Å². The van der Waals surface area contributed by atoms with Crippen molar-refractivity contribution in [1.82, 2.24) is 0 Å². The Morgan fingerprint density at radius 3 is 2.52 bits per heavy atom. The Balaban J connectivity index is 3.40. The molecule has 0 saturated heterocycles. The molecule has 4 nitrogen and oxygen atoms in total. The zero-order valence-electron chi connectivity index (χ0n) is 14.3. The molecule has 4 heteroatoms. The van der Waals surface area contributed by atoms with Crippen LogP contribution in [0.5, 0.6) is 0 Å². The van der Waals surface area contributed by atoms with E-state index < -0.39 is 5.91 Å². The van der Waals surface area contributed by atoms with Gasteiger partial charge in [0.1, 0.15) is 0 Å². The van der Waals surface area contributed by atoms with Crippen molar-refractivity contribution in [2.24, 2.45) is 16.5 Å². The van der Waals surface area contributed by atoms with E-state index in [0.29, 0.717) is 11.3 Å². The van der Waals surface area contributed by atoms with Crippen molar-refractivity contribution in [3.63, 3.8) is 0 Å². The van der Waals surface area contributed by atoms with E-state index in [-0.39, 0.29) is 0 Å². The van der Waals surface area contributed by atoms with Gasteiger partial charge in [-0.1, -0.05) is 37.3 Å². The van der Waals surface area contributed by atoms with E-state index in [1.165, 1.54) is 0 Å². The molecule has 0 aromatic heterocycles. The normalized spacial score (nSPS) is 13.7. The van der Waals surface area contributed by atoms with Crippen molar-refractivity contribution < 1.29 is 4.79 Å². The summed E-state index contributed by atoms with van der Waals surface area (Å²) in [5.74, 6) is -0.430. The maximum Gasteiger partial charge on any atom is 0.248 e. The van der Waals surface area contributed by atoms with Gasteiger partial charge in [-0.25, -0.2) is 0 Å². The number of aliphatic imine (C=N–C) groups is 1. The van der Waals surface area contributed by atoms with Gasteiger partial charge in [-0.05, 0) is 43.5 Å². The fourth-order valence-electron chi connectivity index (χ4n) is 2.25. The van der Waals surface area contributed by atoms with Gasteiger partial charge in [-0.3, -0.25) is 9.79 Å². The highest BCUT2D eigenvalue weighted by molar-refractivity contribution is 6.11. The maximum absolute atomic E-state index is 11.5. The first-order valence-corrected chi connectivity index (χ1v) is 7.59. The van der Waals surface area contributed by atoms with Crippen molar-refractivity contribution in [2.75, 3.05) is 7.05 Å². The molecule has 0 unspecified atom stereocenters. The summed E-state index contributed by atoms with van der Waals surface area (Å²) < 4.78 is 0. The quantitative estimate of drug-likeness (QED) is 0.481. The zero-order chi connectivity index (χ0) is 17.4. The van der Waals surface area contributed by atoms with E-state index in [0.717, 1.165) is 28.8 Å². The van der Waals surface area contributed by atoms with Crippen molar-refractivity contribution in [2.45, 2.75) is 27.2 Å². The summed E-state index contributed by atoms with van der Waals surface area (Å²) in [6.07, 6.45) is 8.06. The lowest BCUT2D eigenvalue weighted by molar-refractivity contribution is -0.114. The number of nitrogens with two attached hydrogens (primary N) is 2. The van der Waals surface area contributed by atoms with E-state index in [9.17, 15) is 4.79 Å². The minimum atomic E-state index is -0.430. The molecule has 0 radical (unpaired) electrons. The number of hydrogen-bond acceptors (Lipinski definition) is 3. The van der Waals surface area contributed by atoms with Crippen LogP contribution in [0.15, 0.2) is 52.7 Å². The van der Waals surface area contributed by atoms with Crippen molar-refractivity contribution >= 4 is 17.7 Å². The average Bonchev–Trinajstić information content (AvgIpc) is 2.49. The minimum Gasteiger partial charge on any atom is -0.402 e. The lowest BCUT2D eigenvalue weighted by Gasteiger charge is -2.10. The number of rotatable bonds is 6. The molecule has 0 heterocycles. The number of allylic oxidation sites excluding steroid dienone is 3. The number of hydrogen-bond donors (Lipinski definition) is 2. The van der Waals surface area contributed by atoms with Crippen LogP contribution in [0.1, 0.15) is 37.0 Å². The number of carbonyl (C=O) groups is 1. The summed E-state index contributed by atoms with van der Waals surface area (Å²) in [7, 11) is 1.73. The average molecular weight is 311 g/mol. The highest BCUT2D eigenvalue weighted by Gasteiger charge is 2.08. The predicted molar refractivity (Wildman–Crippen MR) is 98.2 cm³/mol. The number of primary amides is 1. The van der Waals surface area contributed by atoms with Crippen LogP contribution in [0.3, 0.4) is 0 Å². The number of benzene rings is 1. The van der Waals surface area contributed by atoms with Crippen LogP contribution < -0.4 is 11.5 Å². The van der Waals surface area contributed by atoms with E-state index >= 15 is 0 Å². The fourth-order valence-corrected chi connectivity index (χ4v) is 2.25. The largest absolute Gasteiger partial charge is 0.402 e. The number of carbonyl (C=O) groups excluding carboxylic acids is 1. The van der Waals surface area contributed by atoms with Crippen molar-refractivity contribution in [3.8, 4) is 0 Å². The molecule has 23 heavy (non-hydrogen) atoms. The van der Waals surface area contributed by atoms with Crippen molar-refractivity contribution in [3.05, 3.63) is 64.4 Å². The second-order valence-corrected chi connectivity index (χ2v) is 5.30. The van der Waals surface area contributed by atoms with Gasteiger partial charge in [0.25, 0.3) is 0 Å². The summed E-state index contributed by atoms with van der Waals surface area (Å²) in [4.78, 5) is 15.8. The molecule has 0 saturated carbocycles. The van der Waals surface area contributed by atoms with Gasteiger partial charge in [0.05, 0.1) is 5.71 Å². The highest BCUT2D eigenvalue weighted by atomic mass is 16.1. The van der Waals surface area contributed by atoms with E-state index in [2.05, 4.69) is 4.99 Å². The summed E-state index contributed by atoms with van der Waals surface area (Å²) >= 11 is 0. The molecule has 1 aromatic carbocycles. The second kappa shape index (κ2) is 8.73. The van der Waals surface area contributed by atoms with Gasteiger partial charge < -0.3 is 11.5 Å². The minimum absolute atomic E-state index is 0.430. The van der Waals surface area contributed by atoms with Crippen LogP contribution in [-0.4, -0.2) is 18.7 Å². The summed E-state index contributed by atoms with van der Waals surface area (Å²) in [6, 6.07) is 5.98. The van der Waals surface area contributed by atoms with Crippen LogP contribution in [0.2, 0.25) is 0 Å². The van der Waals surface area contributed by atoms with Crippen LogP contribution in [-0.2, 0) is 4.79 Å². The topological polar surface area (TPSA) is 81.5 Å². The molecular weight excluding hydrogens is 286 g/mol. The standard InChI is InChI=1S/C19H25N3O/c1-5-7-15(19(21)23)10-11-16-13(2)8-6-9-17(16)18(22-4)12-14(3)20/h6-12H,5,20H2,1-4H3,(H2,21,23)/b11-10-,14-12+,15-7-,22-18?. The highest BCUT2D eigenvalue weighted by Crippen LogP contribution is 2.19. The van der Waals surface area contributed by atoms with Gasteiger partial charge in [0.2, 0.25) is 5.91 Å². The Morgan fingerprint density at radius 2 is 2.00 bits per heavy atom. The molecule has 122 valence electrons. The summed E-state index contributed by atoms with van der Waals surface area (Å²) in [5, 5.41) is 0. The Kier molecular flexibility index (Phi) is 7.00. The molecule has 1 rings (SSSR count). The lowest BCUT2D eigenvalue weighted by atomic mass is 9.96. The molecule has 0 spiro atoms.